The smallest absolute Gasteiger partial charge is 0.233 e. The van der Waals surface area contributed by atoms with E-state index in [9.17, 15) is 4.79 Å². The number of benzene rings is 1. The van der Waals surface area contributed by atoms with Crippen LogP contribution in [0, 0.1) is 0 Å². The lowest BCUT2D eigenvalue weighted by atomic mass is 10.2. The SMILES string of the molecule is CCCNCc1cccc(SCC(=O)N(CC)C2CC2)c1. The van der Waals surface area contributed by atoms with E-state index in [-0.39, 0.29) is 5.91 Å². The van der Waals surface area contributed by atoms with Gasteiger partial charge in [-0.2, -0.15) is 0 Å². The second-order valence-electron chi connectivity index (χ2n) is 5.52. The quantitative estimate of drug-likeness (QED) is 0.561. The molecule has 116 valence electrons. The zero-order valence-electron chi connectivity index (χ0n) is 13.1. The Morgan fingerprint density at radius 1 is 1.38 bits per heavy atom. The van der Waals surface area contributed by atoms with E-state index in [0.717, 1.165) is 26.1 Å². The normalized spacial score (nSPS) is 14.2. The summed E-state index contributed by atoms with van der Waals surface area (Å²) in [5.41, 5.74) is 1.29. The van der Waals surface area contributed by atoms with Crippen molar-refractivity contribution in [1.29, 1.82) is 0 Å². The van der Waals surface area contributed by atoms with Crippen molar-refractivity contribution in [3.8, 4) is 0 Å². The van der Waals surface area contributed by atoms with Crippen LogP contribution in [0.3, 0.4) is 0 Å². The van der Waals surface area contributed by atoms with Gasteiger partial charge < -0.3 is 10.2 Å². The average molecular weight is 306 g/mol. The Balaban J connectivity index is 1.81. The van der Waals surface area contributed by atoms with E-state index >= 15 is 0 Å². The van der Waals surface area contributed by atoms with Crippen LogP contribution in [0.4, 0.5) is 0 Å². The van der Waals surface area contributed by atoms with Crippen molar-refractivity contribution in [2.75, 3.05) is 18.8 Å². The molecule has 0 atom stereocenters. The van der Waals surface area contributed by atoms with Gasteiger partial charge in [0.1, 0.15) is 0 Å². The highest BCUT2D eigenvalue weighted by Crippen LogP contribution is 2.28. The van der Waals surface area contributed by atoms with Crippen molar-refractivity contribution in [3.05, 3.63) is 29.8 Å². The summed E-state index contributed by atoms with van der Waals surface area (Å²) in [6.45, 7) is 7.03. The minimum Gasteiger partial charge on any atom is -0.339 e. The molecule has 0 aromatic heterocycles. The molecule has 1 N–H and O–H groups in total. The lowest BCUT2D eigenvalue weighted by Crippen LogP contribution is -2.34. The molecule has 1 aromatic carbocycles. The maximum atomic E-state index is 12.2. The summed E-state index contributed by atoms with van der Waals surface area (Å²) in [5.74, 6) is 0.829. The van der Waals surface area contributed by atoms with Crippen LogP contribution in [0.15, 0.2) is 29.2 Å². The molecule has 0 aliphatic heterocycles. The van der Waals surface area contributed by atoms with Gasteiger partial charge in [0.05, 0.1) is 5.75 Å². The molecular weight excluding hydrogens is 280 g/mol. The van der Waals surface area contributed by atoms with Crippen LogP contribution in [0.2, 0.25) is 0 Å². The maximum absolute atomic E-state index is 12.2. The molecule has 0 unspecified atom stereocenters. The molecule has 0 radical (unpaired) electrons. The van der Waals surface area contributed by atoms with Crippen molar-refractivity contribution < 1.29 is 4.79 Å². The van der Waals surface area contributed by atoms with E-state index in [2.05, 4.69) is 43.4 Å². The highest BCUT2D eigenvalue weighted by atomic mass is 32.2. The van der Waals surface area contributed by atoms with Gasteiger partial charge in [-0.15, -0.1) is 11.8 Å². The largest absolute Gasteiger partial charge is 0.339 e. The summed E-state index contributed by atoms with van der Waals surface area (Å²) >= 11 is 1.65. The van der Waals surface area contributed by atoms with E-state index in [4.69, 9.17) is 0 Å². The first-order valence-electron chi connectivity index (χ1n) is 7.96. The van der Waals surface area contributed by atoms with Crippen LogP contribution < -0.4 is 5.32 Å². The molecular formula is C17H26N2OS. The van der Waals surface area contributed by atoms with Gasteiger partial charge in [-0.25, -0.2) is 0 Å². The number of hydrogen-bond donors (Lipinski definition) is 1. The number of thioether (sulfide) groups is 1. The summed E-state index contributed by atoms with van der Waals surface area (Å²) in [4.78, 5) is 15.4. The fraction of sp³-hybridized carbons (Fsp3) is 0.588. The number of rotatable bonds is 9. The summed E-state index contributed by atoms with van der Waals surface area (Å²) in [6, 6.07) is 9.02. The van der Waals surface area contributed by atoms with Gasteiger partial charge in [0.2, 0.25) is 5.91 Å². The topological polar surface area (TPSA) is 32.3 Å². The van der Waals surface area contributed by atoms with Crippen molar-refractivity contribution in [2.24, 2.45) is 0 Å². The van der Waals surface area contributed by atoms with E-state index in [0.29, 0.717) is 11.8 Å². The van der Waals surface area contributed by atoms with Crippen LogP contribution >= 0.6 is 11.8 Å². The number of nitrogens with one attached hydrogen (secondary N) is 1. The van der Waals surface area contributed by atoms with E-state index < -0.39 is 0 Å². The second kappa shape index (κ2) is 8.44. The Bertz CT molecular complexity index is 460. The van der Waals surface area contributed by atoms with Crippen LogP contribution in [0.25, 0.3) is 0 Å². The minimum absolute atomic E-state index is 0.277. The third-order valence-electron chi connectivity index (χ3n) is 3.67. The molecule has 0 spiro atoms. The number of nitrogens with zero attached hydrogens (tertiary/aromatic N) is 1. The van der Waals surface area contributed by atoms with Crippen molar-refractivity contribution in [1.82, 2.24) is 10.2 Å². The summed E-state index contributed by atoms with van der Waals surface area (Å²) in [5, 5.41) is 3.41. The molecule has 3 nitrogen and oxygen atoms in total. The first-order valence-corrected chi connectivity index (χ1v) is 8.95. The maximum Gasteiger partial charge on any atom is 0.233 e. The highest BCUT2D eigenvalue weighted by molar-refractivity contribution is 8.00. The van der Waals surface area contributed by atoms with Gasteiger partial charge in [-0.1, -0.05) is 19.1 Å². The molecule has 1 amide bonds. The molecule has 1 fully saturated rings. The number of carbonyl (C=O) groups excluding carboxylic acids is 1. The monoisotopic (exact) mass is 306 g/mol. The lowest BCUT2D eigenvalue weighted by molar-refractivity contribution is -0.128. The molecule has 4 heteroatoms. The van der Waals surface area contributed by atoms with Gasteiger partial charge in [-0.3, -0.25) is 4.79 Å². The lowest BCUT2D eigenvalue weighted by Gasteiger charge is -2.20. The predicted octanol–water partition coefficient (Wildman–Crippen LogP) is 3.29. The fourth-order valence-electron chi connectivity index (χ4n) is 2.41. The Morgan fingerprint density at radius 3 is 2.86 bits per heavy atom. The van der Waals surface area contributed by atoms with Crippen LogP contribution in [0.5, 0.6) is 0 Å². The third kappa shape index (κ3) is 5.36. The van der Waals surface area contributed by atoms with Crippen molar-refractivity contribution >= 4 is 17.7 Å². The number of amides is 1. The number of carbonyl (C=O) groups is 1. The summed E-state index contributed by atoms with van der Waals surface area (Å²) in [6.07, 6.45) is 3.52. The minimum atomic E-state index is 0.277. The summed E-state index contributed by atoms with van der Waals surface area (Å²) in [7, 11) is 0. The van der Waals surface area contributed by atoms with E-state index in [1.54, 1.807) is 11.8 Å². The fourth-order valence-corrected chi connectivity index (χ4v) is 3.27. The molecule has 0 saturated heterocycles. The predicted molar refractivity (Wildman–Crippen MR) is 89.6 cm³/mol. The Kier molecular flexibility index (Phi) is 6.58. The van der Waals surface area contributed by atoms with Gasteiger partial charge >= 0.3 is 0 Å². The molecule has 0 heterocycles. The first kappa shape index (κ1) is 16.4. The standard InChI is InChI=1S/C17H26N2OS/c1-3-10-18-12-14-6-5-7-16(11-14)21-13-17(20)19(4-2)15-8-9-15/h5-7,11,15,18H,3-4,8-10,12-13H2,1-2H3. The average Bonchev–Trinajstić information content (AvgIpc) is 3.31. The molecule has 1 saturated carbocycles. The van der Waals surface area contributed by atoms with Gasteiger partial charge in [0, 0.05) is 24.0 Å². The zero-order valence-corrected chi connectivity index (χ0v) is 13.9. The molecule has 21 heavy (non-hydrogen) atoms. The van der Waals surface area contributed by atoms with Crippen LogP contribution in [0.1, 0.15) is 38.7 Å². The Labute approximate surface area is 132 Å². The van der Waals surface area contributed by atoms with Gasteiger partial charge in [0.25, 0.3) is 0 Å². The first-order chi connectivity index (χ1) is 10.2. The molecule has 2 rings (SSSR count). The van der Waals surface area contributed by atoms with E-state index in [1.165, 1.54) is 23.3 Å². The zero-order chi connectivity index (χ0) is 15.1. The molecule has 0 bridgehead atoms. The summed E-state index contributed by atoms with van der Waals surface area (Å²) < 4.78 is 0. The Morgan fingerprint density at radius 2 is 2.19 bits per heavy atom. The van der Waals surface area contributed by atoms with Crippen LogP contribution in [-0.4, -0.2) is 35.7 Å². The third-order valence-corrected chi connectivity index (χ3v) is 4.64. The van der Waals surface area contributed by atoms with E-state index in [1.807, 2.05) is 4.90 Å². The van der Waals surface area contributed by atoms with Gasteiger partial charge in [0.15, 0.2) is 0 Å². The van der Waals surface area contributed by atoms with Crippen LogP contribution in [-0.2, 0) is 11.3 Å². The molecule has 1 aromatic rings. The Hall–Kier alpha value is -1.00. The second-order valence-corrected chi connectivity index (χ2v) is 6.57. The van der Waals surface area contributed by atoms with Crippen molar-refractivity contribution in [2.45, 2.75) is 50.6 Å². The molecule has 1 aliphatic carbocycles. The molecule has 1 aliphatic rings. The van der Waals surface area contributed by atoms with Crippen molar-refractivity contribution in [3.63, 3.8) is 0 Å². The van der Waals surface area contributed by atoms with Gasteiger partial charge in [-0.05, 0) is 50.4 Å². The highest BCUT2D eigenvalue weighted by Gasteiger charge is 2.30. The number of hydrogen-bond acceptors (Lipinski definition) is 3.